The molecule has 0 aromatic carbocycles. The summed E-state index contributed by atoms with van der Waals surface area (Å²) in [7, 11) is 0. The van der Waals surface area contributed by atoms with Crippen LogP contribution in [0.15, 0.2) is 0 Å². The molecule has 0 N–H and O–H groups in total. The molecule has 2 aliphatic rings. The number of hydrogen-bond acceptors (Lipinski definition) is 1. The summed E-state index contributed by atoms with van der Waals surface area (Å²) in [5.41, 5.74) is 0.134. The zero-order valence-corrected chi connectivity index (χ0v) is 8.59. The van der Waals surface area contributed by atoms with E-state index in [9.17, 15) is 4.79 Å². The molecule has 13 heavy (non-hydrogen) atoms. The molecule has 2 unspecified atom stereocenters. The molecule has 0 aromatic heterocycles. The van der Waals surface area contributed by atoms with Crippen LogP contribution >= 0.6 is 0 Å². The maximum absolute atomic E-state index is 11.1. The van der Waals surface area contributed by atoms with Crippen molar-refractivity contribution in [3.05, 3.63) is 0 Å². The molecule has 2 saturated carbocycles. The average molecular weight is 180 g/mol. The summed E-state index contributed by atoms with van der Waals surface area (Å²) >= 11 is 0. The number of carbonyl (C=O) groups excluding carboxylic acids is 1. The van der Waals surface area contributed by atoms with Gasteiger partial charge in [0.15, 0.2) is 0 Å². The van der Waals surface area contributed by atoms with Gasteiger partial charge in [-0.3, -0.25) is 0 Å². The van der Waals surface area contributed by atoms with E-state index in [1.165, 1.54) is 51.2 Å². The van der Waals surface area contributed by atoms with Gasteiger partial charge in [0.05, 0.1) is 0 Å². The van der Waals surface area contributed by atoms with Crippen LogP contribution in [0.25, 0.3) is 0 Å². The third-order valence-corrected chi connectivity index (χ3v) is 4.27. The summed E-state index contributed by atoms with van der Waals surface area (Å²) in [5, 5.41) is 0. The zero-order valence-electron chi connectivity index (χ0n) is 8.59. The van der Waals surface area contributed by atoms with Gasteiger partial charge in [-0.05, 0) is 37.5 Å². The second-order valence-corrected chi connectivity index (χ2v) is 5.17. The van der Waals surface area contributed by atoms with Gasteiger partial charge in [0, 0.05) is 5.41 Å². The lowest BCUT2D eigenvalue weighted by atomic mass is 9.57. The van der Waals surface area contributed by atoms with Crippen LogP contribution < -0.4 is 0 Å². The van der Waals surface area contributed by atoms with Crippen molar-refractivity contribution in [2.75, 3.05) is 0 Å². The van der Waals surface area contributed by atoms with Crippen LogP contribution in [0.1, 0.15) is 51.9 Å². The first-order valence-electron chi connectivity index (χ1n) is 5.73. The van der Waals surface area contributed by atoms with Gasteiger partial charge in [0.25, 0.3) is 0 Å². The molecule has 74 valence electrons. The highest BCUT2D eigenvalue weighted by atomic mass is 16.1. The summed E-state index contributed by atoms with van der Waals surface area (Å²) in [5.74, 6) is 1.58. The summed E-state index contributed by atoms with van der Waals surface area (Å²) < 4.78 is 0. The predicted octanol–water partition coefficient (Wildman–Crippen LogP) is 3.18. The maximum atomic E-state index is 11.1. The summed E-state index contributed by atoms with van der Waals surface area (Å²) in [6.45, 7) is 2.34. The van der Waals surface area contributed by atoms with Crippen molar-refractivity contribution in [2.45, 2.75) is 51.9 Å². The standard InChI is InChI=1S/C12H20O/c1-10-4-2-5-11(8-10)12(9-13)6-3-7-12/h9-11H,2-8H2,1H3. The molecule has 1 heteroatoms. The minimum absolute atomic E-state index is 0.134. The minimum Gasteiger partial charge on any atom is -0.303 e. The Balaban J connectivity index is 2.01. The van der Waals surface area contributed by atoms with Crippen molar-refractivity contribution >= 4 is 6.29 Å². The van der Waals surface area contributed by atoms with Gasteiger partial charge < -0.3 is 4.79 Å². The van der Waals surface area contributed by atoms with Crippen LogP contribution in [-0.2, 0) is 4.79 Å². The van der Waals surface area contributed by atoms with E-state index in [1.54, 1.807) is 0 Å². The first-order valence-corrected chi connectivity index (χ1v) is 5.73. The first-order chi connectivity index (χ1) is 6.27. The third-order valence-electron chi connectivity index (χ3n) is 4.27. The molecule has 2 atom stereocenters. The third kappa shape index (κ3) is 1.53. The lowest BCUT2D eigenvalue weighted by Gasteiger charge is -2.46. The SMILES string of the molecule is CC1CCCC(C2(C=O)CCC2)C1. The van der Waals surface area contributed by atoms with Crippen molar-refractivity contribution in [2.24, 2.45) is 17.3 Å². The minimum atomic E-state index is 0.134. The van der Waals surface area contributed by atoms with Crippen molar-refractivity contribution in [3.8, 4) is 0 Å². The Hall–Kier alpha value is -0.330. The van der Waals surface area contributed by atoms with Crippen molar-refractivity contribution in [3.63, 3.8) is 0 Å². The Bertz CT molecular complexity index is 193. The molecule has 0 amide bonds. The molecule has 2 rings (SSSR count). The van der Waals surface area contributed by atoms with Gasteiger partial charge in [0.1, 0.15) is 6.29 Å². The lowest BCUT2D eigenvalue weighted by molar-refractivity contribution is -0.126. The van der Waals surface area contributed by atoms with Crippen LogP contribution in [0.2, 0.25) is 0 Å². The van der Waals surface area contributed by atoms with Crippen LogP contribution in [0.3, 0.4) is 0 Å². The molecular weight excluding hydrogens is 160 g/mol. The molecule has 0 aliphatic heterocycles. The van der Waals surface area contributed by atoms with E-state index in [2.05, 4.69) is 6.92 Å². The van der Waals surface area contributed by atoms with Gasteiger partial charge in [-0.2, -0.15) is 0 Å². The van der Waals surface area contributed by atoms with Gasteiger partial charge in [-0.15, -0.1) is 0 Å². The van der Waals surface area contributed by atoms with E-state index >= 15 is 0 Å². The first kappa shape index (κ1) is 9.23. The summed E-state index contributed by atoms with van der Waals surface area (Å²) in [4.78, 5) is 11.1. The van der Waals surface area contributed by atoms with E-state index in [-0.39, 0.29) is 5.41 Å². The van der Waals surface area contributed by atoms with Crippen LogP contribution in [-0.4, -0.2) is 6.29 Å². The maximum Gasteiger partial charge on any atom is 0.126 e. The Morgan fingerprint density at radius 3 is 2.46 bits per heavy atom. The Kier molecular flexibility index (Phi) is 2.44. The predicted molar refractivity (Wildman–Crippen MR) is 53.5 cm³/mol. The monoisotopic (exact) mass is 180 g/mol. The highest BCUT2D eigenvalue weighted by molar-refractivity contribution is 5.61. The zero-order chi connectivity index (χ0) is 9.31. The molecule has 0 heterocycles. The average Bonchev–Trinajstić information content (AvgIpc) is 2.03. The smallest absolute Gasteiger partial charge is 0.126 e. The number of aldehydes is 1. The quantitative estimate of drug-likeness (QED) is 0.596. The molecule has 0 aromatic rings. The van der Waals surface area contributed by atoms with Gasteiger partial charge in [-0.1, -0.05) is 26.2 Å². The van der Waals surface area contributed by atoms with Crippen molar-refractivity contribution in [1.29, 1.82) is 0 Å². The normalized spacial score (nSPS) is 37.9. The molecule has 0 bridgehead atoms. The molecule has 2 fully saturated rings. The fourth-order valence-electron chi connectivity index (χ4n) is 3.16. The second kappa shape index (κ2) is 3.43. The second-order valence-electron chi connectivity index (χ2n) is 5.17. The Morgan fingerprint density at radius 2 is 2.00 bits per heavy atom. The lowest BCUT2D eigenvalue weighted by Crippen LogP contribution is -2.40. The van der Waals surface area contributed by atoms with E-state index in [4.69, 9.17) is 0 Å². The van der Waals surface area contributed by atoms with Gasteiger partial charge >= 0.3 is 0 Å². The number of hydrogen-bond donors (Lipinski definition) is 0. The van der Waals surface area contributed by atoms with Crippen LogP contribution in [0.5, 0.6) is 0 Å². The molecule has 0 spiro atoms. The Morgan fingerprint density at radius 1 is 1.23 bits per heavy atom. The highest BCUT2D eigenvalue weighted by Gasteiger charge is 2.44. The molecule has 0 radical (unpaired) electrons. The number of rotatable bonds is 2. The van der Waals surface area contributed by atoms with E-state index in [1.807, 2.05) is 0 Å². The molecule has 1 nitrogen and oxygen atoms in total. The Labute approximate surface area is 80.9 Å². The van der Waals surface area contributed by atoms with Crippen molar-refractivity contribution in [1.82, 2.24) is 0 Å². The van der Waals surface area contributed by atoms with Crippen molar-refractivity contribution < 1.29 is 4.79 Å². The fraction of sp³-hybridized carbons (Fsp3) is 0.917. The van der Waals surface area contributed by atoms with E-state index in [0.29, 0.717) is 0 Å². The molecular formula is C12H20O. The van der Waals surface area contributed by atoms with Gasteiger partial charge in [-0.25, -0.2) is 0 Å². The summed E-state index contributed by atoms with van der Waals surface area (Å²) in [6.07, 6.45) is 10.2. The van der Waals surface area contributed by atoms with E-state index < -0.39 is 0 Å². The van der Waals surface area contributed by atoms with Crippen LogP contribution in [0, 0.1) is 17.3 Å². The van der Waals surface area contributed by atoms with Crippen LogP contribution in [0.4, 0.5) is 0 Å². The molecule has 2 aliphatic carbocycles. The fourth-order valence-corrected chi connectivity index (χ4v) is 3.16. The van der Waals surface area contributed by atoms with E-state index in [0.717, 1.165) is 11.8 Å². The summed E-state index contributed by atoms with van der Waals surface area (Å²) in [6, 6.07) is 0. The largest absolute Gasteiger partial charge is 0.303 e. The number of carbonyl (C=O) groups is 1. The molecule has 0 saturated heterocycles. The highest BCUT2D eigenvalue weighted by Crippen LogP contribution is 2.51. The van der Waals surface area contributed by atoms with Gasteiger partial charge in [0.2, 0.25) is 0 Å². The topological polar surface area (TPSA) is 17.1 Å².